The van der Waals surface area contributed by atoms with Crippen LogP contribution in [-0.2, 0) is 16.4 Å². The van der Waals surface area contributed by atoms with Crippen LogP contribution >= 0.6 is 0 Å². The summed E-state index contributed by atoms with van der Waals surface area (Å²) in [4.78, 5) is 6.77. The van der Waals surface area contributed by atoms with E-state index >= 15 is 0 Å². The van der Waals surface area contributed by atoms with E-state index < -0.39 is 9.84 Å². The van der Waals surface area contributed by atoms with Crippen molar-refractivity contribution < 1.29 is 8.42 Å². The molecule has 0 radical (unpaired) electrons. The molecule has 1 saturated heterocycles. The molecule has 0 aliphatic carbocycles. The third-order valence-corrected chi connectivity index (χ3v) is 6.72. The zero-order chi connectivity index (χ0) is 18.9. The summed E-state index contributed by atoms with van der Waals surface area (Å²) in [6.07, 6.45) is 8.13. The fourth-order valence-corrected chi connectivity index (χ4v) is 5.38. The van der Waals surface area contributed by atoms with Crippen LogP contribution in [0, 0.1) is 0 Å². The highest BCUT2D eigenvalue weighted by Gasteiger charge is 2.31. The molecule has 6 nitrogen and oxygen atoms in total. The molecule has 1 aliphatic heterocycles. The summed E-state index contributed by atoms with van der Waals surface area (Å²) in [7, 11) is -2.92. The molecular weight excluding hydrogens is 360 g/mol. The van der Waals surface area contributed by atoms with Crippen molar-refractivity contribution in [1.29, 1.82) is 0 Å². The predicted octanol–water partition coefficient (Wildman–Crippen LogP) is 2.57. The lowest BCUT2D eigenvalue weighted by atomic mass is 10.1. The predicted molar refractivity (Wildman–Crippen MR) is 106 cm³/mol. The number of hydrogen-bond acceptors (Lipinski definition) is 5. The number of sulfone groups is 1. The minimum Gasteiger partial charge on any atom is -0.291 e. The summed E-state index contributed by atoms with van der Waals surface area (Å²) >= 11 is 0. The fraction of sp³-hybridized carbons (Fsp3) is 0.300. The number of rotatable bonds is 6. The van der Waals surface area contributed by atoms with E-state index in [0.717, 1.165) is 22.3 Å². The van der Waals surface area contributed by atoms with Gasteiger partial charge in [-0.05, 0) is 12.0 Å². The Morgan fingerprint density at radius 2 is 2.07 bits per heavy atom. The van der Waals surface area contributed by atoms with Crippen molar-refractivity contribution in [3.8, 4) is 11.1 Å². The van der Waals surface area contributed by atoms with Gasteiger partial charge in [0.05, 0.1) is 17.7 Å². The molecule has 0 spiro atoms. The van der Waals surface area contributed by atoms with Gasteiger partial charge >= 0.3 is 0 Å². The zero-order valence-electron chi connectivity index (χ0n) is 15.0. The van der Waals surface area contributed by atoms with Crippen LogP contribution in [0.3, 0.4) is 0 Å². The Morgan fingerprint density at radius 3 is 2.78 bits per heavy atom. The second-order valence-corrected chi connectivity index (χ2v) is 9.16. The molecule has 1 atom stereocenters. The van der Waals surface area contributed by atoms with E-state index in [9.17, 15) is 8.42 Å². The standard InChI is InChI=1S/C20H22N4O2S/c1-2-9-23(18-8-10-27(25,26)15-18)13-16-11-21-20-19(12-22-24(20)14-16)17-6-4-3-5-7-17/h2-7,11-12,14,18H,1,8-10,13,15H2/t18-/m1/s1. The molecule has 140 valence electrons. The Kier molecular flexibility index (Phi) is 4.80. The molecule has 2 aromatic heterocycles. The van der Waals surface area contributed by atoms with Crippen LogP contribution in [0.15, 0.2) is 61.6 Å². The van der Waals surface area contributed by atoms with Crippen molar-refractivity contribution in [2.45, 2.75) is 19.0 Å². The first kappa shape index (κ1) is 17.9. The summed E-state index contributed by atoms with van der Waals surface area (Å²) in [6.45, 7) is 5.08. The lowest BCUT2D eigenvalue weighted by molar-refractivity contribution is 0.226. The summed E-state index contributed by atoms with van der Waals surface area (Å²) in [5.74, 6) is 0.485. The Bertz CT molecular complexity index is 1060. The van der Waals surface area contributed by atoms with Gasteiger partial charge in [-0.1, -0.05) is 36.4 Å². The third-order valence-electron chi connectivity index (χ3n) is 4.97. The van der Waals surface area contributed by atoms with E-state index in [2.05, 4.69) is 21.6 Å². The topological polar surface area (TPSA) is 67.6 Å². The van der Waals surface area contributed by atoms with E-state index in [-0.39, 0.29) is 17.5 Å². The minimum atomic E-state index is -2.92. The average Bonchev–Trinajstić information content (AvgIpc) is 3.24. The maximum absolute atomic E-state index is 11.8. The minimum absolute atomic E-state index is 0.0289. The molecule has 7 heteroatoms. The highest BCUT2D eigenvalue weighted by atomic mass is 32.2. The molecule has 27 heavy (non-hydrogen) atoms. The van der Waals surface area contributed by atoms with Gasteiger partial charge in [0.2, 0.25) is 0 Å². The molecular formula is C20H22N4O2S. The molecule has 3 aromatic rings. The van der Waals surface area contributed by atoms with E-state index in [4.69, 9.17) is 0 Å². The highest BCUT2D eigenvalue weighted by Crippen LogP contribution is 2.24. The second kappa shape index (κ2) is 7.25. The van der Waals surface area contributed by atoms with E-state index in [1.807, 2.05) is 55.0 Å². The van der Waals surface area contributed by atoms with Crippen LogP contribution in [0.2, 0.25) is 0 Å². The number of hydrogen-bond donors (Lipinski definition) is 0. The lowest BCUT2D eigenvalue weighted by Crippen LogP contribution is -2.36. The smallest absolute Gasteiger partial charge is 0.162 e. The van der Waals surface area contributed by atoms with Gasteiger partial charge in [0, 0.05) is 42.7 Å². The normalized spacial score (nSPS) is 18.9. The van der Waals surface area contributed by atoms with Crippen LogP contribution < -0.4 is 0 Å². The van der Waals surface area contributed by atoms with Crippen molar-refractivity contribution in [2.75, 3.05) is 18.1 Å². The van der Waals surface area contributed by atoms with Crippen molar-refractivity contribution >= 4 is 15.5 Å². The highest BCUT2D eigenvalue weighted by molar-refractivity contribution is 7.91. The molecule has 3 heterocycles. The molecule has 0 unspecified atom stereocenters. The van der Waals surface area contributed by atoms with Crippen molar-refractivity contribution in [2.24, 2.45) is 0 Å². The fourth-order valence-electron chi connectivity index (χ4n) is 3.62. The van der Waals surface area contributed by atoms with Crippen LogP contribution in [0.1, 0.15) is 12.0 Å². The average molecular weight is 382 g/mol. The van der Waals surface area contributed by atoms with Crippen molar-refractivity contribution in [1.82, 2.24) is 19.5 Å². The van der Waals surface area contributed by atoms with Gasteiger partial charge in [-0.15, -0.1) is 6.58 Å². The maximum atomic E-state index is 11.8. The Labute approximate surface area is 159 Å². The molecule has 1 fully saturated rings. The van der Waals surface area contributed by atoms with Crippen LogP contribution in [0.25, 0.3) is 16.8 Å². The summed E-state index contributed by atoms with van der Waals surface area (Å²) < 4.78 is 25.5. The van der Waals surface area contributed by atoms with Crippen LogP contribution in [0.4, 0.5) is 0 Å². The molecule has 1 aromatic carbocycles. The van der Waals surface area contributed by atoms with Gasteiger partial charge < -0.3 is 0 Å². The summed E-state index contributed by atoms with van der Waals surface area (Å²) in [5.41, 5.74) is 3.88. The quantitative estimate of drug-likeness (QED) is 0.613. The van der Waals surface area contributed by atoms with Gasteiger partial charge in [0.15, 0.2) is 15.5 Å². The van der Waals surface area contributed by atoms with Gasteiger partial charge in [0.25, 0.3) is 0 Å². The summed E-state index contributed by atoms with van der Waals surface area (Å²) in [6, 6.07) is 10.1. The first-order chi connectivity index (χ1) is 13.1. The summed E-state index contributed by atoms with van der Waals surface area (Å²) in [5, 5.41) is 4.45. The maximum Gasteiger partial charge on any atom is 0.162 e. The molecule has 0 saturated carbocycles. The van der Waals surface area contributed by atoms with Crippen molar-refractivity contribution in [3.05, 3.63) is 67.1 Å². The zero-order valence-corrected chi connectivity index (χ0v) is 15.8. The van der Waals surface area contributed by atoms with Crippen LogP contribution in [-0.4, -0.2) is 52.0 Å². The Balaban J connectivity index is 1.59. The van der Waals surface area contributed by atoms with Gasteiger partial charge in [-0.25, -0.2) is 17.9 Å². The Morgan fingerprint density at radius 1 is 1.26 bits per heavy atom. The van der Waals surface area contributed by atoms with Gasteiger partial charge in [-0.3, -0.25) is 4.90 Å². The number of aromatic nitrogens is 3. The Hall–Kier alpha value is -2.51. The molecule has 4 rings (SSSR count). The number of benzene rings is 1. The first-order valence-corrected chi connectivity index (χ1v) is 10.8. The SMILES string of the molecule is C=CCN(Cc1cnc2c(-c3ccccc3)cnn2c1)[C@@H]1CCS(=O)(=O)C1. The van der Waals surface area contributed by atoms with Gasteiger partial charge in [-0.2, -0.15) is 5.10 Å². The molecule has 0 amide bonds. The lowest BCUT2D eigenvalue weighted by Gasteiger charge is -2.26. The van der Waals surface area contributed by atoms with E-state index in [0.29, 0.717) is 19.5 Å². The van der Waals surface area contributed by atoms with E-state index in [1.54, 1.807) is 4.52 Å². The second-order valence-electron chi connectivity index (χ2n) is 6.93. The molecule has 0 N–H and O–H groups in total. The largest absolute Gasteiger partial charge is 0.291 e. The number of fused-ring (bicyclic) bond motifs is 1. The molecule has 1 aliphatic rings. The first-order valence-electron chi connectivity index (χ1n) is 8.99. The van der Waals surface area contributed by atoms with Crippen LogP contribution in [0.5, 0.6) is 0 Å². The number of nitrogens with zero attached hydrogens (tertiary/aromatic N) is 4. The molecule has 0 bridgehead atoms. The monoisotopic (exact) mass is 382 g/mol. The third kappa shape index (κ3) is 3.79. The van der Waals surface area contributed by atoms with Gasteiger partial charge in [0.1, 0.15) is 0 Å². The van der Waals surface area contributed by atoms with E-state index in [1.165, 1.54) is 0 Å². The van der Waals surface area contributed by atoms with Crippen molar-refractivity contribution in [3.63, 3.8) is 0 Å².